The Hall–Kier alpha value is -2.50. The lowest BCUT2D eigenvalue weighted by Gasteiger charge is -2.07. The van der Waals surface area contributed by atoms with Gasteiger partial charge in [-0.3, -0.25) is 14.9 Å². The first-order chi connectivity index (χ1) is 14.5. The fraction of sp³-hybridized carbons (Fsp3) is 0.0952. The molecule has 7 nitrogen and oxygen atoms in total. The van der Waals surface area contributed by atoms with E-state index in [-0.39, 0.29) is 16.5 Å². The number of anilines is 1. The Labute approximate surface area is 198 Å². The van der Waals surface area contributed by atoms with Crippen molar-refractivity contribution in [3.05, 3.63) is 97.1 Å². The molecule has 0 spiro atoms. The number of hydrogen-bond donors (Lipinski definition) is 1. The van der Waals surface area contributed by atoms with Crippen molar-refractivity contribution in [3.63, 3.8) is 0 Å². The fourth-order valence-corrected chi connectivity index (χ4v) is 3.59. The zero-order valence-corrected chi connectivity index (χ0v) is 20.2. The molecule has 0 saturated carbocycles. The summed E-state index contributed by atoms with van der Waals surface area (Å²) < 4.78 is 22.5. The van der Waals surface area contributed by atoms with E-state index in [1.807, 2.05) is 56.3 Å². The van der Waals surface area contributed by atoms with Crippen LogP contribution in [-0.2, 0) is 9.05 Å². The zero-order valence-electron chi connectivity index (χ0n) is 16.5. The number of benzene rings is 3. The number of aryl methyl sites for hydroxylation is 2. The molecule has 0 bridgehead atoms. The molecule has 1 N–H and O–H groups in total. The van der Waals surface area contributed by atoms with E-state index in [0.717, 1.165) is 33.5 Å². The molecular weight excluding hydrogens is 555 g/mol. The summed E-state index contributed by atoms with van der Waals surface area (Å²) in [7, 11) is 1.20. The molecule has 10 heteroatoms. The van der Waals surface area contributed by atoms with Gasteiger partial charge in [0.2, 0.25) is 0 Å². The highest BCUT2D eigenvalue weighted by Gasteiger charge is 2.12. The molecule has 0 aliphatic rings. The largest absolute Gasteiger partial charge is 0.322 e. The summed E-state index contributed by atoms with van der Waals surface area (Å²) in [6, 6.07) is 17.8. The molecule has 0 aliphatic heterocycles. The van der Waals surface area contributed by atoms with Crippen LogP contribution in [0.15, 0.2) is 71.6 Å². The summed E-state index contributed by atoms with van der Waals surface area (Å²) in [6.07, 6.45) is 0. The van der Waals surface area contributed by atoms with Crippen LogP contribution in [-0.4, -0.2) is 19.2 Å². The van der Waals surface area contributed by atoms with Crippen LogP contribution >= 0.6 is 33.3 Å². The molecular formula is C21H18ClIN2O5S. The number of rotatable bonds is 4. The van der Waals surface area contributed by atoms with Crippen LogP contribution in [0.3, 0.4) is 0 Å². The highest BCUT2D eigenvalue weighted by molar-refractivity contribution is 14.1. The summed E-state index contributed by atoms with van der Waals surface area (Å²) in [5, 5.41) is 13.1. The summed E-state index contributed by atoms with van der Waals surface area (Å²) >= 11 is 2.24. The Kier molecular flexibility index (Phi) is 8.54. The zero-order chi connectivity index (χ0) is 23.2. The first-order valence-corrected chi connectivity index (χ1v) is 12.2. The molecule has 3 rings (SSSR count). The van der Waals surface area contributed by atoms with Gasteiger partial charge in [-0.05, 0) is 78.4 Å². The van der Waals surface area contributed by atoms with Gasteiger partial charge in [-0.1, -0.05) is 23.8 Å². The van der Waals surface area contributed by atoms with Crippen molar-refractivity contribution in [1.82, 2.24) is 0 Å². The Morgan fingerprint density at radius 3 is 2.06 bits per heavy atom. The van der Waals surface area contributed by atoms with Crippen molar-refractivity contribution in [3.8, 4) is 0 Å². The van der Waals surface area contributed by atoms with Crippen LogP contribution in [0.5, 0.6) is 0 Å². The van der Waals surface area contributed by atoms with Crippen molar-refractivity contribution in [2.45, 2.75) is 18.7 Å². The molecule has 3 aromatic carbocycles. The number of nitrogens with zero attached hydrogens (tertiary/aromatic N) is 1. The van der Waals surface area contributed by atoms with E-state index < -0.39 is 14.0 Å². The Bertz CT molecular complexity index is 1200. The number of carbonyl (C=O) groups excluding carboxylic acids is 1. The SMILES string of the molecule is Cc1ccc(NC(=O)c2ccc(C)c(I)c2)cc1.O=[N+]([O-])c1ccc(S(=O)(=O)Cl)cc1. The molecule has 31 heavy (non-hydrogen) atoms. The maximum absolute atomic E-state index is 12.0. The molecule has 0 unspecified atom stereocenters. The van der Waals surface area contributed by atoms with E-state index in [1.54, 1.807) is 0 Å². The Morgan fingerprint density at radius 2 is 1.58 bits per heavy atom. The molecule has 0 saturated heterocycles. The standard InChI is InChI=1S/C15H14INO.C6H4ClNO4S/c1-10-3-7-13(8-4-10)17-15(18)12-6-5-11(2)14(16)9-12;7-13(11,12)6-3-1-5(2-4-6)8(9)10/h3-9H,1-2H3,(H,17,18);1-4H. The van der Waals surface area contributed by atoms with Crippen LogP contribution in [0.2, 0.25) is 0 Å². The maximum Gasteiger partial charge on any atom is 0.269 e. The van der Waals surface area contributed by atoms with Crippen molar-refractivity contribution < 1.29 is 18.1 Å². The lowest BCUT2D eigenvalue weighted by Crippen LogP contribution is -2.12. The topological polar surface area (TPSA) is 106 Å². The quantitative estimate of drug-likeness (QED) is 0.187. The van der Waals surface area contributed by atoms with Crippen molar-refractivity contribution >= 4 is 59.6 Å². The minimum Gasteiger partial charge on any atom is -0.322 e. The van der Waals surface area contributed by atoms with Crippen molar-refractivity contribution in [2.75, 3.05) is 5.32 Å². The lowest BCUT2D eigenvalue weighted by molar-refractivity contribution is -0.384. The second kappa shape index (κ2) is 10.7. The highest BCUT2D eigenvalue weighted by Crippen LogP contribution is 2.18. The van der Waals surface area contributed by atoms with E-state index in [0.29, 0.717) is 5.56 Å². The minimum atomic E-state index is -3.80. The highest BCUT2D eigenvalue weighted by atomic mass is 127. The number of hydrogen-bond acceptors (Lipinski definition) is 5. The van der Waals surface area contributed by atoms with Gasteiger partial charge in [-0.15, -0.1) is 0 Å². The second-order valence-electron chi connectivity index (χ2n) is 6.47. The van der Waals surface area contributed by atoms with Crippen LogP contribution in [0.1, 0.15) is 21.5 Å². The molecule has 0 radical (unpaired) electrons. The van der Waals surface area contributed by atoms with E-state index in [9.17, 15) is 23.3 Å². The molecule has 0 fully saturated rings. The Balaban J connectivity index is 0.000000233. The second-order valence-corrected chi connectivity index (χ2v) is 10.2. The molecule has 0 atom stereocenters. The summed E-state index contributed by atoms with van der Waals surface area (Å²) in [4.78, 5) is 21.5. The molecule has 162 valence electrons. The number of nitro benzene ring substituents is 1. The van der Waals surface area contributed by atoms with Crippen molar-refractivity contribution in [2.24, 2.45) is 0 Å². The minimum absolute atomic E-state index is 0.0724. The Morgan fingerprint density at radius 1 is 1.00 bits per heavy atom. The number of non-ortho nitro benzene ring substituents is 1. The van der Waals surface area contributed by atoms with Crippen LogP contribution in [0, 0.1) is 27.5 Å². The predicted octanol–water partition coefficient (Wildman–Crippen LogP) is 5.68. The number of nitro groups is 1. The van der Waals surface area contributed by atoms with Crippen LogP contribution < -0.4 is 5.32 Å². The predicted molar refractivity (Wildman–Crippen MR) is 129 cm³/mol. The molecule has 0 heterocycles. The molecule has 1 amide bonds. The molecule has 0 aromatic heterocycles. The smallest absolute Gasteiger partial charge is 0.269 e. The maximum atomic E-state index is 12.0. The van der Waals surface area contributed by atoms with Gasteiger partial charge >= 0.3 is 0 Å². The normalized spacial score (nSPS) is 10.6. The fourth-order valence-electron chi connectivity index (χ4n) is 2.30. The van der Waals surface area contributed by atoms with Crippen LogP contribution in [0.4, 0.5) is 11.4 Å². The van der Waals surface area contributed by atoms with E-state index in [2.05, 4.69) is 27.9 Å². The summed E-state index contributed by atoms with van der Waals surface area (Å²) in [5.74, 6) is -0.0724. The average Bonchev–Trinajstić information content (AvgIpc) is 2.71. The first-order valence-electron chi connectivity index (χ1n) is 8.80. The van der Waals surface area contributed by atoms with Gasteiger partial charge in [0.15, 0.2) is 0 Å². The van der Waals surface area contributed by atoms with Crippen LogP contribution in [0.25, 0.3) is 0 Å². The number of carbonyl (C=O) groups is 1. The first kappa shape index (κ1) is 24.8. The van der Waals surface area contributed by atoms with Gasteiger partial charge in [0.1, 0.15) is 0 Å². The van der Waals surface area contributed by atoms with Gasteiger partial charge in [0, 0.05) is 37.6 Å². The third-order valence-electron chi connectivity index (χ3n) is 4.07. The molecule has 0 aliphatic carbocycles. The average molecular weight is 573 g/mol. The summed E-state index contributed by atoms with van der Waals surface area (Å²) in [5.41, 5.74) is 3.69. The van der Waals surface area contributed by atoms with E-state index >= 15 is 0 Å². The number of nitrogens with one attached hydrogen (secondary N) is 1. The van der Waals surface area contributed by atoms with Gasteiger partial charge in [-0.2, -0.15) is 0 Å². The van der Waals surface area contributed by atoms with E-state index in [4.69, 9.17) is 10.7 Å². The van der Waals surface area contributed by atoms with E-state index in [1.165, 1.54) is 11.1 Å². The van der Waals surface area contributed by atoms with Crippen molar-refractivity contribution in [1.29, 1.82) is 0 Å². The lowest BCUT2D eigenvalue weighted by atomic mass is 10.1. The monoisotopic (exact) mass is 572 g/mol. The third-order valence-corrected chi connectivity index (χ3v) is 6.60. The van der Waals surface area contributed by atoms with Gasteiger partial charge in [0.25, 0.3) is 20.6 Å². The number of amides is 1. The third kappa shape index (κ3) is 7.60. The summed E-state index contributed by atoms with van der Waals surface area (Å²) in [6.45, 7) is 4.05. The van der Waals surface area contributed by atoms with Gasteiger partial charge in [0.05, 0.1) is 9.82 Å². The molecule has 3 aromatic rings. The number of halogens is 2. The van der Waals surface area contributed by atoms with Gasteiger partial charge in [-0.25, -0.2) is 8.42 Å². The van der Waals surface area contributed by atoms with Gasteiger partial charge < -0.3 is 5.32 Å².